The molecule has 0 N–H and O–H groups in total. The van der Waals surface area contributed by atoms with Gasteiger partial charge in [0.1, 0.15) is 23.7 Å². The molecule has 0 bridgehead atoms. The van der Waals surface area contributed by atoms with E-state index in [1.54, 1.807) is 25.3 Å². The first-order valence-corrected chi connectivity index (χ1v) is 7.44. The largest absolute Gasteiger partial charge is 0.497 e. The van der Waals surface area contributed by atoms with Gasteiger partial charge >= 0.3 is 5.63 Å². The van der Waals surface area contributed by atoms with Crippen LogP contribution in [0.4, 0.5) is 0 Å². The van der Waals surface area contributed by atoms with Crippen LogP contribution >= 0.6 is 11.6 Å². The SMILES string of the molecule is COc1ccc2c(COc3ccc(Cl)c(C)c3)cc(=O)oc2c1. The fraction of sp³-hybridized carbons (Fsp3) is 0.167. The molecule has 0 radical (unpaired) electrons. The van der Waals surface area contributed by atoms with Crippen molar-refractivity contribution in [2.24, 2.45) is 0 Å². The molecule has 0 unspecified atom stereocenters. The number of benzene rings is 2. The van der Waals surface area contributed by atoms with Crippen molar-refractivity contribution in [3.63, 3.8) is 0 Å². The van der Waals surface area contributed by atoms with Gasteiger partial charge in [0.05, 0.1) is 7.11 Å². The molecular weight excluding hydrogens is 316 g/mol. The zero-order chi connectivity index (χ0) is 16.4. The molecule has 0 aliphatic heterocycles. The summed E-state index contributed by atoms with van der Waals surface area (Å²) in [5, 5.41) is 1.51. The molecule has 23 heavy (non-hydrogen) atoms. The Kier molecular flexibility index (Phi) is 4.26. The number of ether oxygens (including phenoxy) is 2. The average Bonchev–Trinajstić information content (AvgIpc) is 2.54. The summed E-state index contributed by atoms with van der Waals surface area (Å²) in [5.41, 5.74) is 1.75. The monoisotopic (exact) mass is 330 g/mol. The van der Waals surface area contributed by atoms with Crippen LogP contribution in [0, 0.1) is 6.92 Å². The Labute approximate surface area is 138 Å². The van der Waals surface area contributed by atoms with Crippen LogP contribution < -0.4 is 15.1 Å². The number of hydrogen-bond acceptors (Lipinski definition) is 4. The first kappa shape index (κ1) is 15.4. The van der Waals surface area contributed by atoms with E-state index in [1.807, 2.05) is 25.1 Å². The summed E-state index contributed by atoms with van der Waals surface area (Å²) in [5.74, 6) is 1.33. The highest BCUT2D eigenvalue weighted by Crippen LogP contribution is 2.25. The first-order chi connectivity index (χ1) is 11.1. The van der Waals surface area contributed by atoms with Crippen molar-refractivity contribution in [1.29, 1.82) is 0 Å². The number of methoxy groups -OCH3 is 1. The van der Waals surface area contributed by atoms with Gasteiger partial charge in [-0.1, -0.05) is 11.6 Å². The molecular formula is C18H15ClO4. The van der Waals surface area contributed by atoms with Gasteiger partial charge in [0.25, 0.3) is 0 Å². The van der Waals surface area contributed by atoms with E-state index in [2.05, 4.69) is 0 Å². The molecule has 0 saturated heterocycles. The van der Waals surface area contributed by atoms with Gasteiger partial charge in [0, 0.05) is 28.1 Å². The van der Waals surface area contributed by atoms with Crippen LogP contribution in [0.2, 0.25) is 5.02 Å². The summed E-state index contributed by atoms with van der Waals surface area (Å²) in [4.78, 5) is 11.7. The van der Waals surface area contributed by atoms with Gasteiger partial charge in [0.15, 0.2) is 0 Å². The normalized spacial score (nSPS) is 10.7. The van der Waals surface area contributed by atoms with Crippen LogP contribution in [0.25, 0.3) is 11.0 Å². The minimum atomic E-state index is -0.420. The minimum absolute atomic E-state index is 0.259. The lowest BCUT2D eigenvalue weighted by atomic mass is 10.1. The second kappa shape index (κ2) is 6.34. The van der Waals surface area contributed by atoms with E-state index >= 15 is 0 Å². The predicted octanol–water partition coefficient (Wildman–Crippen LogP) is 4.34. The minimum Gasteiger partial charge on any atom is -0.497 e. The lowest BCUT2D eigenvalue weighted by Gasteiger charge is -2.10. The fourth-order valence-corrected chi connectivity index (χ4v) is 2.44. The van der Waals surface area contributed by atoms with E-state index in [9.17, 15) is 4.79 Å². The summed E-state index contributed by atoms with van der Waals surface area (Å²) in [6.45, 7) is 2.17. The molecule has 0 atom stereocenters. The molecule has 1 aromatic heterocycles. The molecule has 3 aromatic rings. The van der Waals surface area contributed by atoms with Crippen molar-refractivity contribution in [2.75, 3.05) is 7.11 Å². The number of halogens is 1. The Hall–Kier alpha value is -2.46. The average molecular weight is 331 g/mol. The molecule has 2 aromatic carbocycles. The van der Waals surface area contributed by atoms with E-state index in [4.69, 9.17) is 25.5 Å². The lowest BCUT2D eigenvalue weighted by Crippen LogP contribution is -2.04. The van der Waals surface area contributed by atoms with Crippen molar-refractivity contribution in [2.45, 2.75) is 13.5 Å². The maximum atomic E-state index is 11.7. The highest BCUT2D eigenvalue weighted by Gasteiger charge is 2.08. The Morgan fingerprint density at radius 2 is 1.87 bits per heavy atom. The molecule has 3 rings (SSSR count). The van der Waals surface area contributed by atoms with Gasteiger partial charge in [-0.2, -0.15) is 0 Å². The molecule has 1 heterocycles. The number of fused-ring (bicyclic) bond motifs is 1. The smallest absolute Gasteiger partial charge is 0.336 e. The zero-order valence-corrected chi connectivity index (χ0v) is 13.5. The highest BCUT2D eigenvalue weighted by atomic mass is 35.5. The van der Waals surface area contributed by atoms with E-state index in [1.165, 1.54) is 6.07 Å². The van der Waals surface area contributed by atoms with Gasteiger partial charge in [-0.05, 0) is 42.8 Å². The third-order valence-corrected chi connectivity index (χ3v) is 3.99. The number of rotatable bonds is 4. The number of aryl methyl sites for hydroxylation is 1. The van der Waals surface area contributed by atoms with Crippen molar-refractivity contribution < 1.29 is 13.9 Å². The maximum absolute atomic E-state index is 11.7. The Morgan fingerprint density at radius 3 is 2.61 bits per heavy atom. The van der Waals surface area contributed by atoms with Crippen LogP contribution in [0.1, 0.15) is 11.1 Å². The third-order valence-electron chi connectivity index (χ3n) is 3.56. The van der Waals surface area contributed by atoms with Crippen LogP contribution in [0.15, 0.2) is 51.7 Å². The van der Waals surface area contributed by atoms with Crippen molar-refractivity contribution >= 4 is 22.6 Å². The second-order valence-corrected chi connectivity index (χ2v) is 5.56. The summed E-state index contributed by atoms with van der Waals surface area (Å²) in [6, 6.07) is 12.2. The number of hydrogen-bond donors (Lipinski definition) is 0. The third kappa shape index (κ3) is 3.32. The molecule has 0 aliphatic carbocycles. The predicted molar refractivity (Wildman–Crippen MR) is 89.6 cm³/mol. The van der Waals surface area contributed by atoms with Gasteiger partial charge in [-0.3, -0.25) is 0 Å². The molecule has 0 aliphatic rings. The van der Waals surface area contributed by atoms with Crippen LogP contribution in [0.3, 0.4) is 0 Å². The van der Waals surface area contributed by atoms with Crippen LogP contribution in [-0.4, -0.2) is 7.11 Å². The summed E-state index contributed by atoms with van der Waals surface area (Å²) in [7, 11) is 1.56. The molecule has 0 spiro atoms. The van der Waals surface area contributed by atoms with Crippen LogP contribution in [-0.2, 0) is 6.61 Å². The topological polar surface area (TPSA) is 48.7 Å². The summed E-state index contributed by atoms with van der Waals surface area (Å²) >= 11 is 6.00. The molecule has 0 saturated carbocycles. The second-order valence-electron chi connectivity index (χ2n) is 5.15. The quantitative estimate of drug-likeness (QED) is 0.668. The molecule has 5 heteroatoms. The summed E-state index contributed by atoms with van der Waals surface area (Å²) in [6.07, 6.45) is 0. The molecule has 0 amide bonds. The van der Waals surface area contributed by atoms with Crippen molar-refractivity contribution in [3.05, 3.63) is 69.0 Å². The Bertz CT molecular complexity index is 915. The van der Waals surface area contributed by atoms with Crippen molar-refractivity contribution in [3.8, 4) is 11.5 Å². The Morgan fingerprint density at radius 1 is 1.09 bits per heavy atom. The highest BCUT2D eigenvalue weighted by molar-refractivity contribution is 6.31. The van der Waals surface area contributed by atoms with Gasteiger partial charge in [-0.25, -0.2) is 4.79 Å². The van der Waals surface area contributed by atoms with E-state index < -0.39 is 5.63 Å². The fourth-order valence-electron chi connectivity index (χ4n) is 2.32. The van der Waals surface area contributed by atoms with E-state index in [0.29, 0.717) is 22.1 Å². The molecule has 118 valence electrons. The van der Waals surface area contributed by atoms with Crippen molar-refractivity contribution in [1.82, 2.24) is 0 Å². The molecule has 4 nitrogen and oxygen atoms in total. The summed E-state index contributed by atoms with van der Waals surface area (Å²) < 4.78 is 16.2. The maximum Gasteiger partial charge on any atom is 0.336 e. The first-order valence-electron chi connectivity index (χ1n) is 7.06. The zero-order valence-electron chi connectivity index (χ0n) is 12.8. The van der Waals surface area contributed by atoms with Gasteiger partial charge in [0.2, 0.25) is 0 Å². The van der Waals surface area contributed by atoms with Gasteiger partial charge in [-0.15, -0.1) is 0 Å². The lowest BCUT2D eigenvalue weighted by molar-refractivity contribution is 0.306. The standard InChI is InChI=1S/C18H15ClO4/c1-11-7-14(4-6-16(11)19)22-10-12-8-18(20)23-17-9-13(21-2)3-5-15(12)17/h3-9H,10H2,1-2H3. The van der Waals surface area contributed by atoms with E-state index in [-0.39, 0.29) is 6.61 Å². The van der Waals surface area contributed by atoms with E-state index in [0.717, 1.165) is 16.5 Å². The molecule has 0 fully saturated rings. The van der Waals surface area contributed by atoms with Gasteiger partial charge < -0.3 is 13.9 Å². The van der Waals surface area contributed by atoms with Crippen LogP contribution in [0.5, 0.6) is 11.5 Å². The Balaban J connectivity index is 1.93.